The Labute approximate surface area is 158 Å². The molecule has 1 aliphatic rings. The molecule has 1 fully saturated rings. The van der Waals surface area contributed by atoms with Gasteiger partial charge in [-0.15, -0.1) is 11.3 Å². The highest BCUT2D eigenvalue weighted by atomic mass is 32.1. The average Bonchev–Trinajstić information content (AvgIpc) is 3.27. The highest BCUT2D eigenvalue weighted by Crippen LogP contribution is 2.28. The van der Waals surface area contributed by atoms with E-state index in [1.165, 1.54) is 0 Å². The van der Waals surface area contributed by atoms with Crippen molar-refractivity contribution in [2.45, 2.75) is 39.2 Å². The Bertz CT molecular complexity index is 765. The lowest BCUT2D eigenvalue weighted by molar-refractivity contribution is -0.115. The molecule has 0 unspecified atom stereocenters. The summed E-state index contributed by atoms with van der Waals surface area (Å²) in [5.74, 6) is -0.173. The number of nitrogens with one attached hydrogen (secondary N) is 2. The van der Waals surface area contributed by atoms with Gasteiger partial charge in [0.15, 0.2) is 0 Å². The van der Waals surface area contributed by atoms with Crippen LogP contribution in [0.15, 0.2) is 35.7 Å². The standard InChI is InChI=1S/C20H25N3O2S/c1-14(2)21-20(25)17-12-15(7-8-18(17)23-9-3-4-10-23)22-19(24)13-16-6-5-11-26-16/h5-8,11-12,14H,3-4,9-10,13H2,1-2H3,(H,21,25)(H,22,24). The molecule has 138 valence electrons. The second-order valence-electron chi connectivity index (χ2n) is 6.86. The lowest BCUT2D eigenvalue weighted by Crippen LogP contribution is -2.32. The van der Waals surface area contributed by atoms with Gasteiger partial charge in [-0.25, -0.2) is 0 Å². The van der Waals surface area contributed by atoms with Gasteiger partial charge in [-0.1, -0.05) is 6.07 Å². The molecule has 6 heteroatoms. The summed E-state index contributed by atoms with van der Waals surface area (Å²) in [7, 11) is 0. The summed E-state index contributed by atoms with van der Waals surface area (Å²) in [5.41, 5.74) is 2.22. The maximum absolute atomic E-state index is 12.7. The molecule has 2 heterocycles. The molecule has 0 saturated carbocycles. The minimum absolute atomic E-state index is 0.0611. The van der Waals surface area contributed by atoms with E-state index in [2.05, 4.69) is 15.5 Å². The monoisotopic (exact) mass is 371 g/mol. The number of rotatable bonds is 6. The molecule has 5 nitrogen and oxygen atoms in total. The number of hydrogen-bond acceptors (Lipinski definition) is 4. The van der Waals surface area contributed by atoms with Crippen molar-refractivity contribution in [3.63, 3.8) is 0 Å². The minimum atomic E-state index is -0.101. The van der Waals surface area contributed by atoms with Gasteiger partial charge in [0.1, 0.15) is 0 Å². The van der Waals surface area contributed by atoms with E-state index in [0.717, 1.165) is 36.5 Å². The van der Waals surface area contributed by atoms with E-state index in [1.54, 1.807) is 17.4 Å². The van der Waals surface area contributed by atoms with Crippen LogP contribution in [-0.4, -0.2) is 30.9 Å². The van der Waals surface area contributed by atoms with E-state index in [4.69, 9.17) is 0 Å². The van der Waals surface area contributed by atoms with E-state index >= 15 is 0 Å². The number of amides is 2. The zero-order valence-corrected chi connectivity index (χ0v) is 16.1. The van der Waals surface area contributed by atoms with Crippen LogP contribution in [0, 0.1) is 0 Å². The van der Waals surface area contributed by atoms with Crippen LogP contribution in [0.2, 0.25) is 0 Å². The van der Waals surface area contributed by atoms with Crippen molar-refractivity contribution < 1.29 is 9.59 Å². The Morgan fingerprint density at radius 2 is 1.96 bits per heavy atom. The molecule has 0 bridgehead atoms. The van der Waals surface area contributed by atoms with E-state index < -0.39 is 0 Å². The first kappa shape index (κ1) is 18.5. The van der Waals surface area contributed by atoms with E-state index in [1.807, 2.05) is 43.5 Å². The van der Waals surface area contributed by atoms with Gasteiger partial charge >= 0.3 is 0 Å². The largest absolute Gasteiger partial charge is 0.371 e. The van der Waals surface area contributed by atoms with Gasteiger partial charge in [0.05, 0.1) is 12.0 Å². The molecule has 2 N–H and O–H groups in total. The molecule has 0 atom stereocenters. The van der Waals surface area contributed by atoms with Crippen molar-refractivity contribution in [1.29, 1.82) is 0 Å². The van der Waals surface area contributed by atoms with E-state index in [9.17, 15) is 9.59 Å². The summed E-state index contributed by atoms with van der Waals surface area (Å²) in [6, 6.07) is 9.56. The van der Waals surface area contributed by atoms with Crippen LogP contribution in [0.3, 0.4) is 0 Å². The predicted octanol–water partition coefficient (Wildman–Crippen LogP) is 3.67. The van der Waals surface area contributed by atoms with Gasteiger partial charge in [-0.05, 0) is 56.3 Å². The normalized spacial score (nSPS) is 13.9. The van der Waals surface area contributed by atoms with Crippen molar-refractivity contribution in [3.8, 4) is 0 Å². The quantitative estimate of drug-likeness (QED) is 0.814. The molecule has 26 heavy (non-hydrogen) atoms. The summed E-state index contributed by atoms with van der Waals surface area (Å²) in [6.45, 7) is 5.82. The second-order valence-corrected chi connectivity index (χ2v) is 7.89. The molecular formula is C20H25N3O2S. The Balaban J connectivity index is 1.80. The molecule has 1 aliphatic heterocycles. The first-order valence-corrected chi connectivity index (χ1v) is 9.93. The van der Waals surface area contributed by atoms with Gasteiger partial charge in [-0.3, -0.25) is 9.59 Å². The highest BCUT2D eigenvalue weighted by Gasteiger charge is 2.21. The highest BCUT2D eigenvalue weighted by molar-refractivity contribution is 7.10. The van der Waals surface area contributed by atoms with Crippen LogP contribution in [0.4, 0.5) is 11.4 Å². The number of hydrogen-bond donors (Lipinski definition) is 2. The zero-order chi connectivity index (χ0) is 18.5. The van der Waals surface area contributed by atoms with Crippen molar-refractivity contribution in [2.75, 3.05) is 23.3 Å². The maximum atomic E-state index is 12.7. The maximum Gasteiger partial charge on any atom is 0.253 e. The predicted molar refractivity (Wildman–Crippen MR) is 107 cm³/mol. The van der Waals surface area contributed by atoms with Crippen LogP contribution in [0.5, 0.6) is 0 Å². The number of carbonyl (C=O) groups excluding carboxylic acids is 2. The molecule has 3 rings (SSSR count). The van der Waals surface area contributed by atoms with Gasteiger partial charge in [0.2, 0.25) is 5.91 Å². The van der Waals surface area contributed by atoms with Gasteiger partial charge in [0, 0.05) is 35.4 Å². The lowest BCUT2D eigenvalue weighted by atomic mass is 10.1. The van der Waals surface area contributed by atoms with Crippen molar-refractivity contribution in [3.05, 3.63) is 46.2 Å². The van der Waals surface area contributed by atoms with Gasteiger partial charge in [-0.2, -0.15) is 0 Å². The number of nitrogens with zero attached hydrogens (tertiary/aromatic N) is 1. The van der Waals surface area contributed by atoms with Crippen molar-refractivity contribution in [2.24, 2.45) is 0 Å². The molecule has 0 spiro atoms. The second kappa shape index (κ2) is 8.36. The first-order valence-electron chi connectivity index (χ1n) is 9.05. The van der Waals surface area contributed by atoms with Crippen molar-refractivity contribution in [1.82, 2.24) is 5.32 Å². The summed E-state index contributed by atoms with van der Waals surface area (Å²) < 4.78 is 0. The molecule has 1 saturated heterocycles. The summed E-state index contributed by atoms with van der Waals surface area (Å²) in [4.78, 5) is 28.2. The van der Waals surface area contributed by atoms with Crippen LogP contribution in [0.25, 0.3) is 0 Å². The third-order valence-electron chi connectivity index (χ3n) is 4.31. The first-order chi connectivity index (χ1) is 12.5. The molecule has 1 aromatic carbocycles. The fraction of sp³-hybridized carbons (Fsp3) is 0.400. The number of thiophene rings is 1. The molecule has 0 radical (unpaired) electrons. The SMILES string of the molecule is CC(C)NC(=O)c1cc(NC(=O)Cc2cccs2)ccc1N1CCCC1. The van der Waals surface area contributed by atoms with Gasteiger partial charge in [0.25, 0.3) is 5.91 Å². The van der Waals surface area contributed by atoms with Crippen molar-refractivity contribution >= 4 is 34.5 Å². The summed E-state index contributed by atoms with van der Waals surface area (Å²) >= 11 is 1.56. The topological polar surface area (TPSA) is 61.4 Å². The Morgan fingerprint density at radius 3 is 2.62 bits per heavy atom. The number of benzene rings is 1. The van der Waals surface area contributed by atoms with E-state index in [-0.39, 0.29) is 17.9 Å². The summed E-state index contributed by atoms with van der Waals surface area (Å²) in [6.07, 6.45) is 2.63. The third kappa shape index (κ3) is 4.64. The smallest absolute Gasteiger partial charge is 0.253 e. The summed E-state index contributed by atoms with van der Waals surface area (Å²) in [5, 5.41) is 7.84. The van der Waals surface area contributed by atoms with Crippen LogP contribution >= 0.6 is 11.3 Å². The molecule has 0 aliphatic carbocycles. The van der Waals surface area contributed by atoms with Crippen LogP contribution in [-0.2, 0) is 11.2 Å². The fourth-order valence-corrected chi connectivity index (χ4v) is 3.85. The zero-order valence-electron chi connectivity index (χ0n) is 15.2. The Hall–Kier alpha value is -2.34. The molecular weight excluding hydrogens is 346 g/mol. The number of anilines is 2. The van der Waals surface area contributed by atoms with Crippen LogP contribution in [0.1, 0.15) is 41.9 Å². The van der Waals surface area contributed by atoms with Crippen LogP contribution < -0.4 is 15.5 Å². The van der Waals surface area contributed by atoms with E-state index in [0.29, 0.717) is 17.7 Å². The molecule has 1 aromatic heterocycles. The lowest BCUT2D eigenvalue weighted by Gasteiger charge is -2.22. The number of carbonyl (C=O) groups is 2. The Morgan fingerprint density at radius 1 is 1.19 bits per heavy atom. The minimum Gasteiger partial charge on any atom is -0.371 e. The Kier molecular flexibility index (Phi) is 5.93. The fourth-order valence-electron chi connectivity index (χ4n) is 3.15. The molecule has 2 amide bonds. The van der Waals surface area contributed by atoms with Gasteiger partial charge < -0.3 is 15.5 Å². The average molecular weight is 372 g/mol. The third-order valence-corrected chi connectivity index (χ3v) is 5.18. The molecule has 2 aromatic rings.